The van der Waals surface area contributed by atoms with Gasteiger partial charge in [0.2, 0.25) is 5.95 Å². The van der Waals surface area contributed by atoms with Crippen LogP contribution in [0.25, 0.3) is 11.2 Å². The molecule has 1 aliphatic heterocycles. The summed E-state index contributed by atoms with van der Waals surface area (Å²) < 4.78 is 21.4. The molecule has 1 saturated heterocycles. The first kappa shape index (κ1) is 15.5. The molecule has 1 fully saturated rings. The minimum Gasteiger partial charge on any atom is -0.381 e. The number of halogens is 1. The van der Waals surface area contributed by atoms with Crippen LogP contribution in [0.2, 0.25) is 0 Å². The molecular formula is C19H18FN5O. The molecular weight excluding hydrogens is 333 g/mol. The fraction of sp³-hybridized carbons (Fsp3) is 0.316. The van der Waals surface area contributed by atoms with E-state index in [-0.39, 0.29) is 5.82 Å². The number of pyridine rings is 1. The van der Waals surface area contributed by atoms with Crippen LogP contribution < -0.4 is 5.32 Å². The first-order chi connectivity index (χ1) is 12.8. The van der Waals surface area contributed by atoms with Crippen LogP contribution in [0.1, 0.15) is 29.7 Å². The van der Waals surface area contributed by atoms with Gasteiger partial charge in [0, 0.05) is 61.6 Å². The highest BCUT2D eigenvalue weighted by Gasteiger charge is 2.21. The highest BCUT2D eigenvalue weighted by atomic mass is 19.1. The second-order valence-electron chi connectivity index (χ2n) is 6.64. The summed E-state index contributed by atoms with van der Waals surface area (Å²) in [6.45, 7) is 1.55. The van der Waals surface area contributed by atoms with Crippen LogP contribution in [-0.4, -0.2) is 38.6 Å². The van der Waals surface area contributed by atoms with Gasteiger partial charge in [0.1, 0.15) is 0 Å². The number of fused-ring (bicyclic) bond motifs is 2. The van der Waals surface area contributed by atoms with Gasteiger partial charge in [0.05, 0.1) is 5.69 Å². The second-order valence-corrected chi connectivity index (χ2v) is 6.64. The molecule has 0 aromatic carbocycles. The SMILES string of the molecule is Fc1cc(C2=CCc3nc(NC4CCOCC4)ncc32)cn2ccnc12. The van der Waals surface area contributed by atoms with E-state index in [2.05, 4.69) is 26.3 Å². The maximum Gasteiger partial charge on any atom is 0.223 e. The third-order valence-electron chi connectivity index (χ3n) is 4.97. The van der Waals surface area contributed by atoms with E-state index >= 15 is 0 Å². The number of anilines is 1. The van der Waals surface area contributed by atoms with Crippen molar-refractivity contribution in [3.8, 4) is 0 Å². The van der Waals surface area contributed by atoms with Crippen LogP contribution in [0.4, 0.5) is 10.3 Å². The molecule has 0 atom stereocenters. The Morgan fingerprint density at radius 2 is 2.12 bits per heavy atom. The molecule has 6 nitrogen and oxygen atoms in total. The van der Waals surface area contributed by atoms with Gasteiger partial charge in [-0.2, -0.15) is 0 Å². The predicted molar refractivity (Wildman–Crippen MR) is 95.4 cm³/mol. The molecule has 0 bridgehead atoms. The van der Waals surface area contributed by atoms with E-state index in [1.165, 1.54) is 6.07 Å². The van der Waals surface area contributed by atoms with Gasteiger partial charge < -0.3 is 14.5 Å². The molecule has 0 amide bonds. The van der Waals surface area contributed by atoms with Crippen LogP contribution >= 0.6 is 0 Å². The van der Waals surface area contributed by atoms with Crippen molar-refractivity contribution < 1.29 is 9.13 Å². The maximum atomic E-state index is 14.3. The molecule has 4 heterocycles. The van der Waals surface area contributed by atoms with Crippen molar-refractivity contribution >= 4 is 17.2 Å². The fourth-order valence-electron chi connectivity index (χ4n) is 3.61. The topological polar surface area (TPSA) is 64.3 Å². The predicted octanol–water partition coefficient (Wildman–Crippen LogP) is 2.84. The Labute approximate surface area is 149 Å². The number of hydrogen-bond donors (Lipinski definition) is 1. The summed E-state index contributed by atoms with van der Waals surface area (Å²) in [5.41, 5.74) is 4.03. The van der Waals surface area contributed by atoms with Gasteiger partial charge in [0.15, 0.2) is 11.5 Å². The molecule has 0 saturated carbocycles. The van der Waals surface area contributed by atoms with E-state index in [1.807, 2.05) is 12.4 Å². The molecule has 132 valence electrons. The fourth-order valence-corrected chi connectivity index (χ4v) is 3.61. The summed E-state index contributed by atoms with van der Waals surface area (Å²) >= 11 is 0. The van der Waals surface area contributed by atoms with Gasteiger partial charge in [-0.15, -0.1) is 0 Å². The zero-order valence-electron chi connectivity index (χ0n) is 14.2. The lowest BCUT2D eigenvalue weighted by molar-refractivity contribution is 0.0903. The summed E-state index contributed by atoms with van der Waals surface area (Å²) in [5.74, 6) is 0.321. The lowest BCUT2D eigenvalue weighted by Crippen LogP contribution is -2.28. The van der Waals surface area contributed by atoms with Crippen molar-refractivity contribution in [2.24, 2.45) is 0 Å². The lowest BCUT2D eigenvalue weighted by atomic mass is 10.0. The summed E-state index contributed by atoms with van der Waals surface area (Å²) in [7, 11) is 0. The number of nitrogens with one attached hydrogen (secondary N) is 1. The molecule has 1 N–H and O–H groups in total. The molecule has 3 aromatic rings. The molecule has 0 spiro atoms. The quantitative estimate of drug-likeness (QED) is 0.786. The third kappa shape index (κ3) is 2.64. The number of allylic oxidation sites excluding steroid dienone is 1. The van der Waals surface area contributed by atoms with Crippen molar-refractivity contribution in [1.82, 2.24) is 19.4 Å². The Morgan fingerprint density at radius 1 is 1.23 bits per heavy atom. The minimum absolute atomic E-state index is 0.333. The number of imidazole rings is 1. The Kier molecular flexibility index (Phi) is 3.67. The first-order valence-electron chi connectivity index (χ1n) is 8.81. The van der Waals surface area contributed by atoms with Crippen molar-refractivity contribution in [3.63, 3.8) is 0 Å². The smallest absolute Gasteiger partial charge is 0.223 e. The Balaban J connectivity index is 1.43. The van der Waals surface area contributed by atoms with Crippen LogP contribution in [0, 0.1) is 5.82 Å². The van der Waals surface area contributed by atoms with E-state index in [1.54, 1.807) is 16.8 Å². The van der Waals surface area contributed by atoms with Gasteiger partial charge in [-0.25, -0.2) is 19.3 Å². The molecule has 0 unspecified atom stereocenters. The molecule has 26 heavy (non-hydrogen) atoms. The summed E-state index contributed by atoms with van der Waals surface area (Å²) in [6, 6.07) is 1.88. The van der Waals surface area contributed by atoms with E-state index in [9.17, 15) is 4.39 Å². The minimum atomic E-state index is -0.333. The number of nitrogens with zero attached hydrogens (tertiary/aromatic N) is 4. The molecule has 5 rings (SSSR count). The van der Waals surface area contributed by atoms with Crippen LogP contribution in [-0.2, 0) is 11.2 Å². The Morgan fingerprint density at radius 3 is 3.00 bits per heavy atom. The van der Waals surface area contributed by atoms with Gasteiger partial charge >= 0.3 is 0 Å². The maximum absolute atomic E-state index is 14.3. The van der Waals surface area contributed by atoms with E-state index in [0.29, 0.717) is 17.6 Å². The summed E-state index contributed by atoms with van der Waals surface area (Å²) in [5, 5.41) is 3.40. The normalized spacial score (nSPS) is 17.3. The summed E-state index contributed by atoms with van der Waals surface area (Å²) in [4.78, 5) is 13.2. The number of hydrogen-bond acceptors (Lipinski definition) is 5. The Hall–Kier alpha value is -2.80. The molecule has 0 radical (unpaired) electrons. The number of ether oxygens (including phenoxy) is 1. The molecule has 2 aliphatic rings. The average Bonchev–Trinajstić information content (AvgIpc) is 3.29. The molecule has 1 aliphatic carbocycles. The first-order valence-corrected chi connectivity index (χ1v) is 8.81. The number of rotatable bonds is 3. The van der Waals surface area contributed by atoms with Crippen LogP contribution in [0.3, 0.4) is 0 Å². The van der Waals surface area contributed by atoms with Crippen molar-refractivity contribution in [2.45, 2.75) is 25.3 Å². The van der Waals surface area contributed by atoms with Gasteiger partial charge in [0.25, 0.3) is 0 Å². The molecule has 3 aromatic heterocycles. The van der Waals surface area contributed by atoms with Crippen molar-refractivity contribution in [3.05, 3.63) is 59.6 Å². The highest BCUT2D eigenvalue weighted by Crippen LogP contribution is 2.32. The standard InChI is InChI=1S/C19H18FN5O/c20-16-9-12(11-25-6-5-21-18(16)25)14-1-2-17-15(14)10-22-19(24-17)23-13-3-7-26-8-4-13/h1,5-6,9-11,13H,2-4,7-8H2,(H,22,23,24). The van der Waals surface area contributed by atoms with Crippen LogP contribution in [0.15, 0.2) is 36.9 Å². The third-order valence-corrected chi connectivity index (χ3v) is 4.97. The summed E-state index contributed by atoms with van der Waals surface area (Å²) in [6.07, 6.45) is 11.8. The zero-order valence-corrected chi connectivity index (χ0v) is 14.2. The van der Waals surface area contributed by atoms with E-state index < -0.39 is 0 Å². The monoisotopic (exact) mass is 351 g/mol. The average molecular weight is 351 g/mol. The van der Waals surface area contributed by atoms with Gasteiger partial charge in [-0.05, 0) is 24.5 Å². The Bertz CT molecular complexity index is 1010. The van der Waals surface area contributed by atoms with E-state index in [0.717, 1.165) is 54.9 Å². The van der Waals surface area contributed by atoms with Crippen molar-refractivity contribution in [2.75, 3.05) is 18.5 Å². The number of aromatic nitrogens is 4. The zero-order chi connectivity index (χ0) is 17.5. The van der Waals surface area contributed by atoms with E-state index in [4.69, 9.17) is 4.74 Å². The van der Waals surface area contributed by atoms with Gasteiger partial charge in [-0.3, -0.25) is 0 Å². The largest absolute Gasteiger partial charge is 0.381 e. The lowest BCUT2D eigenvalue weighted by Gasteiger charge is -2.23. The van der Waals surface area contributed by atoms with Gasteiger partial charge in [-0.1, -0.05) is 6.08 Å². The second kappa shape index (κ2) is 6.17. The molecule has 7 heteroatoms. The van der Waals surface area contributed by atoms with Crippen LogP contribution in [0.5, 0.6) is 0 Å². The highest BCUT2D eigenvalue weighted by molar-refractivity contribution is 5.84. The van der Waals surface area contributed by atoms with Crippen molar-refractivity contribution in [1.29, 1.82) is 0 Å².